The normalized spacial score (nSPS) is 37.4. The van der Waals surface area contributed by atoms with E-state index in [1.807, 2.05) is 0 Å². The number of nitrogens with zero attached hydrogens (tertiary/aromatic N) is 3. The Morgan fingerprint density at radius 3 is 2.43 bits per heavy atom. The number of nitrogens with one attached hydrogen (secondary N) is 1. The molecular weight excluding hydrogens is 262 g/mol. The summed E-state index contributed by atoms with van der Waals surface area (Å²) in [6.07, 6.45) is 11.3. The van der Waals surface area contributed by atoms with Crippen LogP contribution in [-0.4, -0.2) is 19.9 Å². The fourth-order valence-corrected chi connectivity index (χ4v) is 5.90. The van der Waals surface area contributed by atoms with Crippen molar-refractivity contribution in [1.29, 1.82) is 0 Å². The Bertz CT molecular complexity index is 668. The SMILES string of the molecule is Nc1nc(CC23CC4CC(CC(C4)C2)C3)c2[nH]cnc2n1. The van der Waals surface area contributed by atoms with Gasteiger partial charge >= 0.3 is 0 Å². The van der Waals surface area contributed by atoms with Crippen LogP contribution in [0.5, 0.6) is 0 Å². The second kappa shape index (κ2) is 3.96. The van der Waals surface area contributed by atoms with Crippen LogP contribution in [0.15, 0.2) is 6.33 Å². The minimum Gasteiger partial charge on any atom is -0.368 e. The Morgan fingerprint density at radius 2 is 1.76 bits per heavy atom. The number of imidazole rings is 1. The minimum absolute atomic E-state index is 0.356. The monoisotopic (exact) mass is 283 g/mol. The number of aromatic amines is 1. The first kappa shape index (κ1) is 12.0. The number of aromatic nitrogens is 4. The molecule has 0 unspecified atom stereocenters. The van der Waals surface area contributed by atoms with Gasteiger partial charge in [0.05, 0.1) is 12.0 Å². The van der Waals surface area contributed by atoms with Gasteiger partial charge in [0, 0.05) is 0 Å². The fourth-order valence-electron chi connectivity index (χ4n) is 5.90. The van der Waals surface area contributed by atoms with Crippen LogP contribution in [0.4, 0.5) is 5.95 Å². The molecule has 21 heavy (non-hydrogen) atoms. The van der Waals surface area contributed by atoms with Crippen LogP contribution < -0.4 is 5.73 Å². The predicted octanol–water partition coefficient (Wildman–Crippen LogP) is 2.69. The van der Waals surface area contributed by atoms with Gasteiger partial charge in [-0.3, -0.25) is 0 Å². The molecule has 4 aliphatic carbocycles. The van der Waals surface area contributed by atoms with Crippen molar-refractivity contribution in [3.63, 3.8) is 0 Å². The quantitative estimate of drug-likeness (QED) is 0.888. The second-order valence-corrected chi connectivity index (χ2v) is 7.72. The molecule has 0 atom stereocenters. The van der Waals surface area contributed by atoms with Gasteiger partial charge in [0.2, 0.25) is 5.95 Å². The van der Waals surface area contributed by atoms with E-state index in [0.29, 0.717) is 17.0 Å². The fraction of sp³-hybridized carbons (Fsp3) is 0.688. The lowest BCUT2D eigenvalue weighted by atomic mass is 9.48. The van der Waals surface area contributed by atoms with Crippen molar-refractivity contribution < 1.29 is 0 Å². The molecule has 2 heterocycles. The van der Waals surface area contributed by atoms with Crippen LogP contribution in [0.3, 0.4) is 0 Å². The number of anilines is 1. The Morgan fingerprint density at radius 1 is 1.10 bits per heavy atom. The topological polar surface area (TPSA) is 80.5 Å². The molecule has 0 aliphatic heterocycles. The van der Waals surface area contributed by atoms with Gasteiger partial charge in [0.15, 0.2) is 5.65 Å². The number of fused-ring (bicyclic) bond motifs is 1. The average Bonchev–Trinajstić information content (AvgIpc) is 2.84. The molecule has 4 bridgehead atoms. The highest BCUT2D eigenvalue weighted by Gasteiger charge is 2.51. The van der Waals surface area contributed by atoms with Gasteiger partial charge < -0.3 is 10.7 Å². The maximum atomic E-state index is 5.87. The van der Waals surface area contributed by atoms with Crippen molar-refractivity contribution in [2.75, 3.05) is 5.73 Å². The lowest BCUT2D eigenvalue weighted by molar-refractivity contribution is -0.0524. The van der Waals surface area contributed by atoms with E-state index in [9.17, 15) is 0 Å². The molecule has 0 aromatic carbocycles. The maximum absolute atomic E-state index is 5.87. The predicted molar refractivity (Wildman–Crippen MR) is 80.4 cm³/mol. The van der Waals surface area contributed by atoms with Crippen LogP contribution in [-0.2, 0) is 6.42 Å². The maximum Gasteiger partial charge on any atom is 0.222 e. The number of nitrogen functional groups attached to an aromatic ring is 1. The minimum atomic E-state index is 0.356. The summed E-state index contributed by atoms with van der Waals surface area (Å²) in [6, 6.07) is 0. The molecule has 0 spiro atoms. The summed E-state index contributed by atoms with van der Waals surface area (Å²) in [6.45, 7) is 0. The molecule has 6 rings (SSSR count). The zero-order chi connectivity index (χ0) is 14.0. The standard InChI is InChI=1S/C16H21N5/c17-15-20-12(13-14(21-15)19-8-18-13)7-16-4-9-1-10(5-16)3-11(2-9)6-16/h8-11H,1-7H2,(H3,17,18,19,20,21). The highest BCUT2D eigenvalue weighted by molar-refractivity contribution is 5.73. The Balaban J connectivity index is 1.55. The highest BCUT2D eigenvalue weighted by Crippen LogP contribution is 2.61. The largest absolute Gasteiger partial charge is 0.368 e. The third-order valence-electron chi connectivity index (χ3n) is 6.09. The number of hydrogen-bond donors (Lipinski definition) is 2. The summed E-state index contributed by atoms with van der Waals surface area (Å²) in [5, 5.41) is 0. The molecule has 5 nitrogen and oxygen atoms in total. The lowest BCUT2D eigenvalue weighted by Gasteiger charge is -2.57. The molecule has 4 fully saturated rings. The molecule has 3 N–H and O–H groups in total. The number of hydrogen-bond acceptors (Lipinski definition) is 4. The van der Waals surface area contributed by atoms with E-state index in [2.05, 4.69) is 19.9 Å². The van der Waals surface area contributed by atoms with Gasteiger partial charge in [0.1, 0.15) is 5.52 Å². The molecule has 0 saturated heterocycles. The van der Waals surface area contributed by atoms with E-state index in [4.69, 9.17) is 5.73 Å². The molecule has 5 heteroatoms. The second-order valence-electron chi connectivity index (χ2n) is 7.72. The summed E-state index contributed by atoms with van der Waals surface area (Å²) < 4.78 is 0. The van der Waals surface area contributed by atoms with Crippen LogP contribution in [0.1, 0.15) is 44.2 Å². The van der Waals surface area contributed by atoms with E-state index in [0.717, 1.165) is 35.4 Å². The van der Waals surface area contributed by atoms with Crippen LogP contribution in [0.2, 0.25) is 0 Å². The third-order valence-corrected chi connectivity index (χ3v) is 6.09. The zero-order valence-corrected chi connectivity index (χ0v) is 12.2. The van der Waals surface area contributed by atoms with E-state index < -0.39 is 0 Å². The van der Waals surface area contributed by atoms with Crippen LogP contribution in [0, 0.1) is 23.2 Å². The van der Waals surface area contributed by atoms with Crippen molar-refractivity contribution in [2.45, 2.75) is 44.9 Å². The first-order valence-corrected chi connectivity index (χ1v) is 8.15. The highest BCUT2D eigenvalue weighted by atomic mass is 15.1. The first-order valence-electron chi connectivity index (χ1n) is 8.15. The summed E-state index contributed by atoms with van der Waals surface area (Å²) in [7, 11) is 0. The lowest BCUT2D eigenvalue weighted by Crippen LogP contribution is -2.47. The summed E-state index contributed by atoms with van der Waals surface area (Å²) >= 11 is 0. The third kappa shape index (κ3) is 1.79. The molecule has 110 valence electrons. The molecule has 2 aromatic rings. The summed E-state index contributed by atoms with van der Waals surface area (Å²) in [5.74, 6) is 3.25. The Labute approximate surface area is 123 Å². The Kier molecular flexibility index (Phi) is 2.25. The molecule has 2 aromatic heterocycles. The van der Waals surface area contributed by atoms with E-state index in [-0.39, 0.29) is 0 Å². The number of nitrogens with two attached hydrogens (primary N) is 1. The smallest absolute Gasteiger partial charge is 0.222 e. The summed E-state index contributed by atoms with van der Waals surface area (Å²) in [5.41, 5.74) is 9.12. The number of rotatable bonds is 2. The molecule has 0 radical (unpaired) electrons. The molecule has 0 amide bonds. The van der Waals surface area contributed by atoms with Gasteiger partial charge in [-0.15, -0.1) is 0 Å². The molecule has 4 aliphatic rings. The molecular formula is C16H21N5. The van der Waals surface area contributed by atoms with Crippen LogP contribution in [0.25, 0.3) is 11.2 Å². The first-order chi connectivity index (χ1) is 10.2. The summed E-state index contributed by atoms with van der Waals surface area (Å²) in [4.78, 5) is 16.2. The Hall–Kier alpha value is -1.65. The van der Waals surface area contributed by atoms with Crippen molar-refractivity contribution in [3.8, 4) is 0 Å². The zero-order valence-electron chi connectivity index (χ0n) is 12.2. The van der Waals surface area contributed by atoms with Gasteiger partial charge in [-0.2, -0.15) is 4.98 Å². The van der Waals surface area contributed by atoms with Crippen molar-refractivity contribution in [3.05, 3.63) is 12.0 Å². The molecule has 4 saturated carbocycles. The van der Waals surface area contributed by atoms with Gasteiger partial charge in [-0.25, -0.2) is 9.97 Å². The van der Waals surface area contributed by atoms with E-state index in [1.165, 1.54) is 38.5 Å². The van der Waals surface area contributed by atoms with Crippen molar-refractivity contribution >= 4 is 17.1 Å². The van der Waals surface area contributed by atoms with Crippen molar-refractivity contribution in [2.24, 2.45) is 23.2 Å². The van der Waals surface area contributed by atoms with Gasteiger partial charge in [0.25, 0.3) is 0 Å². The van der Waals surface area contributed by atoms with Gasteiger partial charge in [-0.05, 0) is 68.1 Å². The van der Waals surface area contributed by atoms with Gasteiger partial charge in [-0.1, -0.05) is 0 Å². The number of H-pyrrole nitrogens is 1. The average molecular weight is 283 g/mol. The van der Waals surface area contributed by atoms with Crippen molar-refractivity contribution in [1.82, 2.24) is 19.9 Å². The van der Waals surface area contributed by atoms with E-state index in [1.54, 1.807) is 6.33 Å². The van der Waals surface area contributed by atoms with E-state index >= 15 is 0 Å². The van der Waals surface area contributed by atoms with Crippen LogP contribution >= 0.6 is 0 Å².